The maximum atomic E-state index is 10.9. The number of piperidine rings is 1. The number of carboxylic acid groups (broad SMARTS) is 1. The summed E-state index contributed by atoms with van der Waals surface area (Å²) in [6, 6.07) is 7.55. The fraction of sp³-hybridized carbons (Fsp3) is 0.412. The number of hydrogen-bond donors (Lipinski definition) is 2. The fourth-order valence-electron chi connectivity index (χ4n) is 3.19. The van der Waals surface area contributed by atoms with E-state index in [1.54, 1.807) is 12.1 Å². The summed E-state index contributed by atoms with van der Waals surface area (Å²) in [7, 11) is 0. The molecule has 1 aliphatic rings. The highest BCUT2D eigenvalue weighted by Gasteiger charge is 2.26. The van der Waals surface area contributed by atoms with Gasteiger partial charge in [-0.25, -0.2) is 4.79 Å². The molecule has 2 heterocycles. The third kappa shape index (κ3) is 3.04. The average Bonchev–Trinajstić information content (AvgIpc) is 2.94. The molecule has 0 aliphatic carbocycles. The number of hydrogen-bond acceptors (Lipinski definition) is 3. The number of aromatic carboxylic acids is 1. The largest absolute Gasteiger partial charge is 0.478 e. The van der Waals surface area contributed by atoms with Gasteiger partial charge in [-0.15, -0.1) is 0 Å². The Morgan fingerprint density at radius 2 is 2.14 bits per heavy atom. The van der Waals surface area contributed by atoms with Crippen molar-refractivity contribution in [3.05, 3.63) is 52.8 Å². The van der Waals surface area contributed by atoms with Gasteiger partial charge in [-0.05, 0) is 49.6 Å². The van der Waals surface area contributed by atoms with Crippen LogP contribution >= 0.6 is 0 Å². The minimum absolute atomic E-state index is 0.336. The van der Waals surface area contributed by atoms with Crippen molar-refractivity contribution in [1.82, 2.24) is 15.1 Å². The predicted molar refractivity (Wildman–Crippen MR) is 83.7 cm³/mol. The van der Waals surface area contributed by atoms with Gasteiger partial charge in [0.05, 0.1) is 23.5 Å². The Bertz CT molecular complexity index is 648. The molecule has 1 fully saturated rings. The van der Waals surface area contributed by atoms with Crippen LogP contribution in [0.1, 0.15) is 52.5 Å². The molecule has 0 amide bonds. The summed E-state index contributed by atoms with van der Waals surface area (Å²) in [6.45, 7) is 3.99. The Labute approximate surface area is 130 Å². The first-order valence-electron chi connectivity index (χ1n) is 7.71. The van der Waals surface area contributed by atoms with E-state index in [1.165, 1.54) is 24.1 Å². The molecule has 22 heavy (non-hydrogen) atoms. The molecule has 5 nitrogen and oxygen atoms in total. The molecule has 1 aliphatic heterocycles. The average molecular weight is 299 g/mol. The number of benzene rings is 1. The van der Waals surface area contributed by atoms with Gasteiger partial charge in [0.1, 0.15) is 0 Å². The molecular formula is C17H21N3O2. The van der Waals surface area contributed by atoms with Crippen LogP contribution in [-0.2, 0) is 6.54 Å². The number of likely N-dealkylation sites (tertiary alicyclic amines) is 1. The topological polar surface area (TPSA) is 69.2 Å². The Kier molecular flexibility index (Phi) is 4.24. The molecule has 1 aromatic heterocycles. The minimum Gasteiger partial charge on any atom is -0.478 e. The first-order valence-corrected chi connectivity index (χ1v) is 7.71. The first-order chi connectivity index (χ1) is 10.6. The smallest absolute Gasteiger partial charge is 0.335 e. The third-order valence-electron chi connectivity index (χ3n) is 4.40. The van der Waals surface area contributed by atoms with Gasteiger partial charge in [0, 0.05) is 6.54 Å². The number of aryl methyl sites for hydroxylation is 1. The number of aromatic nitrogens is 2. The second kappa shape index (κ2) is 6.32. The number of carboxylic acids is 1. The van der Waals surface area contributed by atoms with Crippen LogP contribution in [0.4, 0.5) is 0 Å². The SMILES string of the molecule is Cc1cn[nH]c1[C@H]1CCCCN1Cc1ccc(C(=O)O)cc1. The van der Waals surface area contributed by atoms with Crippen LogP contribution in [0.25, 0.3) is 0 Å². The molecule has 0 unspecified atom stereocenters. The fourth-order valence-corrected chi connectivity index (χ4v) is 3.19. The van der Waals surface area contributed by atoms with E-state index >= 15 is 0 Å². The molecule has 1 aromatic carbocycles. The monoisotopic (exact) mass is 299 g/mol. The quantitative estimate of drug-likeness (QED) is 0.910. The lowest BCUT2D eigenvalue weighted by Crippen LogP contribution is -2.33. The van der Waals surface area contributed by atoms with Crippen molar-refractivity contribution in [3.8, 4) is 0 Å². The van der Waals surface area contributed by atoms with E-state index in [0.29, 0.717) is 11.6 Å². The van der Waals surface area contributed by atoms with Gasteiger partial charge >= 0.3 is 5.97 Å². The van der Waals surface area contributed by atoms with Crippen LogP contribution in [0, 0.1) is 6.92 Å². The first kappa shape index (κ1) is 14.8. The second-order valence-electron chi connectivity index (χ2n) is 5.95. The zero-order valence-corrected chi connectivity index (χ0v) is 12.7. The van der Waals surface area contributed by atoms with Gasteiger partial charge in [-0.3, -0.25) is 10.00 Å². The number of rotatable bonds is 4. The van der Waals surface area contributed by atoms with Gasteiger partial charge in [-0.1, -0.05) is 18.6 Å². The second-order valence-corrected chi connectivity index (χ2v) is 5.95. The van der Waals surface area contributed by atoms with Gasteiger partial charge in [0.25, 0.3) is 0 Å². The zero-order valence-electron chi connectivity index (χ0n) is 12.7. The molecule has 3 rings (SSSR count). The molecule has 2 aromatic rings. The Balaban J connectivity index is 1.77. The van der Waals surface area contributed by atoms with E-state index in [9.17, 15) is 4.79 Å². The van der Waals surface area contributed by atoms with Crippen molar-refractivity contribution in [2.45, 2.75) is 38.8 Å². The van der Waals surface area contributed by atoms with Crippen molar-refractivity contribution >= 4 is 5.97 Å². The van der Waals surface area contributed by atoms with Crippen LogP contribution in [-0.4, -0.2) is 32.7 Å². The van der Waals surface area contributed by atoms with Crippen LogP contribution in [0.2, 0.25) is 0 Å². The number of nitrogens with zero attached hydrogens (tertiary/aromatic N) is 2. The predicted octanol–water partition coefficient (Wildman–Crippen LogP) is 3.14. The van der Waals surface area contributed by atoms with Crippen molar-refractivity contribution in [1.29, 1.82) is 0 Å². The highest BCUT2D eigenvalue weighted by Crippen LogP contribution is 2.32. The van der Waals surface area contributed by atoms with E-state index in [0.717, 1.165) is 25.1 Å². The van der Waals surface area contributed by atoms with E-state index in [2.05, 4.69) is 22.0 Å². The van der Waals surface area contributed by atoms with E-state index < -0.39 is 5.97 Å². The Morgan fingerprint density at radius 3 is 2.77 bits per heavy atom. The summed E-state index contributed by atoms with van der Waals surface area (Å²) in [5.41, 5.74) is 3.90. The minimum atomic E-state index is -0.879. The molecule has 5 heteroatoms. The molecule has 0 radical (unpaired) electrons. The maximum Gasteiger partial charge on any atom is 0.335 e. The normalized spacial score (nSPS) is 19.2. The summed E-state index contributed by atoms with van der Waals surface area (Å²) in [5, 5.41) is 16.3. The molecule has 1 atom stereocenters. The van der Waals surface area contributed by atoms with E-state index in [4.69, 9.17) is 5.11 Å². The molecule has 0 saturated carbocycles. The van der Waals surface area contributed by atoms with Crippen molar-refractivity contribution < 1.29 is 9.90 Å². The lowest BCUT2D eigenvalue weighted by molar-refractivity contribution is 0.0697. The highest BCUT2D eigenvalue weighted by atomic mass is 16.4. The maximum absolute atomic E-state index is 10.9. The molecule has 1 saturated heterocycles. The molecular weight excluding hydrogens is 278 g/mol. The lowest BCUT2D eigenvalue weighted by atomic mass is 9.96. The summed E-state index contributed by atoms with van der Waals surface area (Å²) < 4.78 is 0. The van der Waals surface area contributed by atoms with Crippen LogP contribution < -0.4 is 0 Å². The lowest BCUT2D eigenvalue weighted by Gasteiger charge is -2.35. The van der Waals surface area contributed by atoms with Gasteiger partial charge in [0.15, 0.2) is 0 Å². The Morgan fingerprint density at radius 1 is 1.36 bits per heavy atom. The number of nitrogens with one attached hydrogen (secondary N) is 1. The van der Waals surface area contributed by atoms with Crippen molar-refractivity contribution in [2.75, 3.05) is 6.54 Å². The highest BCUT2D eigenvalue weighted by molar-refractivity contribution is 5.87. The summed E-state index contributed by atoms with van der Waals surface area (Å²) in [6.07, 6.45) is 5.45. The summed E-state index contributed by atoms with van der Waals surface area (Å²) >= 11 is 0. The summed E-state index contributed by atoms with van der Waals surface area (Å²) in [4.78, 5) is 13.4. The zero-order chi connectivity index (χ0) is 15.5. The van der Waals surface area contributed by atoms with Crippen LogP contribution in [0.5, 0.6) is 0 Å². The van der Waals surface area contributed by atoms with Crippen molar-refractivity contribution in [2.24, 2.45) is 0 Å². The third-order valence-corrected chi connectivity index (χ3v) is 4.40. The number of aromatic amines is 1. The standard InChI is InChI=1S/C17H21N3O2/c1-12-10-18-19-16(12)15-4-2-3-9-20(15)11-13-5-7-14(8-6-13)17(21)22/h5-8,10,15H,2-4,9,11H2,1H3,(H,18,19)(H,21,22)/t15-/m1/s1. The molecule has 2 N–H and O–H groups in total. The molecule has 0 spiro atoms. The van der Waals surface area contributed by atoms with E-state index in [1.807, 2.05) is 18.3 Å². The number of H-pyrrole nitrogens is 1. The molecule has 116 valence electrons. The van der Waals surface area contributed by atoms with E-state index in [-0.39, 0.29) is 0 Å². The van der Waals surface area contributed by atoms with Gasteiger partial charge in [0.2, 0.25) is 0 Å². The molecule has 0 bridgehead atoms. The van der Waals surface area contributed by atoms with Crippen molar-refractivity contribution in [3.63, 3.8) is 0 Å². The van der Waals surface area contributed by atoms with Crippen LogP contribution in [0.3, 0.4) is 0 Å². The summed E-state index contributed by atoms with van der Waals surface area (Å²) in [5.74, 6) is -0.879. The van der Waals surface area contributed by atoms with Gasteiger partial charge < -0.3 is 5.11 Å². The van der Waals surface area contributed by atoms with Crippen LogP contribution in [0.15, 0.2) is 30.5 Å². The number of carbonyl (C=O) groups is 1. The Hall–Kier alpha value is -2.14. The van der Waals surface area contributed by atoms with Gasteiger partial charge in [-0.2, -0.15) is 5.10 Å².